The Labute approximate surface area is 135 Å². The highest BCUT2D eigenvalue weighted by Gasteiger charge is 2.17. The van der Waals surface area contributed by atoms with E-state index in [1.165, 1.54) is 5.75 Å². The molecule has 0 saturated heterocycles. The van der Waals surface area contributed by atoms with Gasteiger partial charge in [-0.2, -0.15) is 11.8 Å². The summed E-state index contributed by atoms with van der Waals surface area (Å²) in [5, 5.41) is 1.06. The molecule has 0 aliphatic heterocycles. The molecule has 0 amide bonds. The van der Waals surface area contributed by atoms with E-state index in [0.717, 1.165) is 27.7 Å². The topological polar surface area (TPSA) is 42.2 Å². The van der Waals surface area contributed by atoms with Crippen LogP contribution in [0.25, 0.3) is 11.3 Å². The predicted octanol–water partition coefficient (Wildman–Crippen LogP) is 3.85. The maximum atomic E-state index is 5.91. The van der Waals surface area contributed by atoms with Gasteiger partial charge in [0.15, 0.2) is 5.13 Å². The first-order valence-corrected chi connectivity index (χ1v) is 9.35. The molecule has 2 rings (SSSR count). The second-order valence-corrected chi connectivity index (χ2v) is 7.13. The van der Waals surface area contributed by atoms with Crippen molar-refractivity contribution < 1.29 is 0 Å². The number of thioether (sulfide) groups is 1. The molecule has 0 aliphatic carbocycles. The van der Waals surface area contributed by atoms with Crippen molar-refractivity contribution in [1.29, 1.82) is 0 Å². The van der Waals surface area contributed by atoms with E-state index >= 15 is 0 Å². The third kappa shape index (κ3) is 3.99. The molecular formula is C16H23N3S2. The van der Waals surface area contributed by atoms with Crippen molar-refractivity contribution in [3.63, 3.8) is 0 Å². The first kappa shape index (κ1) is 16.3. The SMILES string of the molecule is CSCCC(C)N(C)c1nc(-c2ccccc2)c(CN)s1. The molecule has 2 aromatic rings. The number of anilines is 1. The van der Waals surface area contributed by atoms with Gasteiger partial charge < -0.3 is 10.6 Å². The van der Waals surface area contributed by atoms with Crippen molar-refractivity contribution >= 4 is 28.2 Å². The number of rotatable bonds is 7. The van der Waals surface area contributed by atoms with Crippen LogP contribution in [-0.2, 0) is 6.54 Å². The lowest BCUT2D eigenvalue weighted by atomic mass is 10.1. The summed E-state index contributed by atoms with van der Waals surface area (Å²) in [7, 11) is 2.12. The Morgan fingerprint density at radius 1 is 1.33 bits per heavy atom. The van der Waals surface area contributed by atoms with Gasteiger partial charge in [-0.3, -0.25) is 0 Å². The van der Waals surface area contributed by atoms with Crippen molar-refractivity contribution in [1.82, 2.24) is 4.98 Å². The smallest absolute Gasteiger partial charge is 0.186 e. The Morgan fingerprint density at radius 3 is 2.67 bits per heavy atom. The Kier molecular flexibility index (Phi) is 6.08. The van der Waals surface area contributed by atoms with Crippen LogP contribution in [0.4, 0.5) is 5.13 Å². The predicted molar refractivity (Wildman–Crippen MR) is 96.3 cm³/mol. The second-order valence-electron chi connectivity index (χ2n) is 5.08. The van der Waals surface area contributed by atoms with Crippen LogP contribution in [0.5, 0.6) is 0 Å². The van der Waals surface area contributed by atoms with E-state index in [2.05, 4.69) is 37.3 Å². The first-order chi connectivity index (χ1) is 10.2. The highest BCUT2D eigenvalue weighted by Crippen LogP contribution is 2.33. The normalized spacial score (nSPS) is 12.4. The molecule has 1 aromatic carbocycles. The molecule has 21 heavy (non-hydrogen) atoms. The number of thiazole rings is 1. The zero-order chi connectivity index (χ0) is 15.2. The van der Waals surface area contributed by atoms with Gasteiger partial charge in [-0.15, -0.1) is 0 Å². The molecule has 0 fully saturated rings. The van der Waals surface area contributed by atoms with Gasteiger partial charge in [-0.25, -0.2) is 4.98 Å². The zero-order valence-electron chi connectivity index (χ0n) is 12.9. The molecule has 1 heterocycles. The molecule has 5 heteroatoms. The minimum atomic E-state index is 0.484. The van der Waals surface area contributed by atoms with E-state index in [4.69, 9.17) is 10.7 Å². The van der Waals surface area contributed by atoms with E-state index in [9.17, 15) is 0 Å². The summed E-state index contributed by atoms with van der Waals surface area (Å²) in [6, 6.07) is 10.8. The van der Waals surface area contributed by atoms with Gasteiger partial charge >= 0.3 is 0 Å². The van der Waals surface area contributed by atoms with Crippen molar-refractivity contribution in [2.45, 2.75) is 25.9 Å². The van der Waals surface area contributed by atoms with Gasteiger partial charge in [0, 0.05) is 30.1 Å². The van der Waals surface area contributed by atoms with Crippen LogP contribution in [0.3, 0.4) is 0 Å². The van der Waals surface area contributed by atoms with Gasteiger partial charge in [0.25, 0.3) is 0 Å². The summed E-state index contributed by atoms with van der Waals surface area (Å²) in [6.45, 7) is 2.79. The Hall–Kier alpha value is -1.04. The average Bonchev–Trinajstić information content (AvgIpc) is 2.97. The van der Waals surface area contributed by atoms with Crippen LogP contribution in [0.1, 0.15) is 18.2 Å². The summed E-state index contributed by atoms with van der Waals surface area (Å²) in [4.78, 5) is 8.26. The third-order valence-electron chi connectivity index (χ3n) is 3.62. The molecule has 1 unspecified atom stereocenters. The molecule has 1 aromatic heterocycles. The fourth-order valence-electron chi connectivity index (χ4n) is 2.12. The van der Waals surface area contributed by atoms with Crippen LogP contribution >= 0.6 is 23.1 Å². The number of nitrogens with two attached hydrogens (primary N) is 1. The summed E-state index contributed by atoms with van der Waals surface area (Å²) in [5.41, 5.74) is 8.08. The minimum Gasteiger partial charge on any atom is -0.348 e. The summed E-state index contributed by atoms with van der Waals surface area (Å²) in [6.07, 6.45) is 3.31. The van der Waals surface area contributed by atoms with E-state index < -0.39 is 0 Å². The Bertz CT molecular complexity index is 554. The lowest BCUT2D eigenvalue weighted by molar-refractivity contribution is 0.668. The molecule has 0 spiro atoms. The summed E-state index contributed by atoms with van der Waals surface area (Å²) >= 11 is 3.60. The Balaban J connectivity index is 2.24. The van der Waals surface area contributed by atoms with Gasteiger partial charge in [0.05, 0.1) is 5.69 Å². The largest absolute Gasteiger partial charge is 0.348 e. The molecule has 2 N–H and O–H groups in total. The van der Waals surface area contributed by atoms with E-state index in [0.29, 0.717) is 12.6 Å². The standard InChI is InChI=1S/C16H23N3S2/c1-12(9-10-20-3)19(2)16-18-15(14(11-17)21-16)13-7-5-4-6-8-13/h4-8,12H,9-11,17H2,1-3H3. The Morgan fingerprint density at radius 2 is 2.05 bits per heavy atom. The highest BCUT2D eigenvalue weighted by molar-refractivity contribution is 7.98. The summed E-state index contributed by atoms with van der Waals surface area (Å²) in [5.74, 6) is 1.17. The van der Waals surface area contributed by atoms with Gasteiger partial charge in [-0.05, 0) is 25.4 Å². The number of hydrogen-bond acceptors (Lipinski definition) is 5. The van der Waals surface area contributed by atoms with Gasteiger partial charge in [0.2, 0.25) is 0 Å². The molecule has 0 saturated carbocycles. The highest BCUT2D eigenvalue weighted by atomic mass is 32.2. The van der Waals surface area contributed by atoms with Crippen molar-refractivity contribution in [3.8, 4) is 11.3 Å². The molecule has 0 radical (unpaired) electrons. The molecule has 0 bridgehead atoms. The fraction of sp³-hybridized carbons (Fsp3) is 0.438. The first-order valence-electron chi connectivity index (χ1n) is 7.14. The molecule has 114 valence electrons. The van der Waals surface area contributed by atoms with E-state index in [-0.39, 0.29) is 0 Å². The number of aromatic nitrogens is 1. The number of benzene rings is 1. The molecule has 1 atom stereocenters. The van der Waals surface area contributed by atoms with Gasteiger partial charge in [0.1, 0.15) is 0 Å². The second kappa shape index (κ2) is 7.82. The lowest BCUT2D eigenvalue weighted by Crippen LogP contribution is -2.29. The zero-order valence-corrected chi connectivity index (χ0v) is 14.5. The third-order valence-corrected chi connectivity index (χ3v) is 5.43. The van der Waals surface area contributed by atoms with Crippen LogP contribution in [0.15, 0.2) is 30.3 Å². The van der Waals surface area contributed by atoms with Crippen LogP contribution < -0.4 is 10.6 Å². The maximum absolute atomic E-state index is 5.91. The lowest BCUT2D eigenvalue weighted by Gasteiger charge is -2.23. The maximum Gasteiger partial charge on any atom is 0.186 e. The number of nitrogens with zero attached hydrogens (tertiary/aromatic N) is 2. The van der Waals surface area contributed by atoms with Crippen molar-refractivity contribution in [2.75, 3.05) is 24.0 Å². The fourth-order valence-corrected chi connectivity index (χ4v) is 3.72. The molecule has 3 nitrogen and oxygen atoms in total. The van der Waals surface area contributed by atoms with Gasteiger partial charge in [-0.1, -0.05) is 41.7 Å². The van der Waals surface area contributed by atoms with E-state index in [1.54, 1.807) is 11.3 Å². The minimum absolute atomic E-state index is 0.484. The van der Waals surface area contributed by atoms with Crippen LogP contribution in [0, 0.1) is 0 Å². The molecular weight excluding hydrogens is 298 g/mol. The summed E-state index contributed by atoms with van der Waals surface area (Å²) < 4.78 is 0. The van der Waals surface area contributed by atoms with Crippen molar-refractivity contribution in [3.05, 3.63) is 35.2 Å². The van der Waals surface area contributed by atoms with E-state index in [1.807, 2.05) is 30.0 Å². The average molecular weight is 322 g/mol. The van der Waals surface area contributed by atoms with Crippen molar-refractivity contribution in [2.24, 2.45) is 5.73 Å². The molecule has 0 aliphatic rings. The monoisotopic (exact) mass is 321 g/mol. The quantitative estimate of drug-likeness (QED) is 0.841. The number of hydrogen-bond donors (Lipinski definition) is 1. The van der Waals surface area contributed by atoms with Crippen LogP contribution in [0.2, 0.25) is 0 Å². The van der Waals surface area contributed by atoms with Crippen LogP contribution in [-0.4, -0.2) is 30.1 Å².